The minimum Gasteiger partial charge on any atom is -0.0857 e. The van der Waals surface area contributed by atoms with Gasteiger partial charge in [0.05, 0.1) is 0 Å². The largest absolute Gasteiger partial charge is 0.0857 e. The smallest absolute Gasteiger partial charge is 0.0239 e. The predicted molar refractivity (Wildman–Crippen MR) is 48.0 cm³/mol. The normalized spacial score (nSPS) is 15.5. The Morgan fingerprint density at radius 2 is 1.30 bits per heavy atom. The lowest BCUT2D eigenvalue weighted by atomic mass is 9.96. The highest BCUT2D eigenvalue weighted by Crippen LogP contribution is 2.11. The van der Waals surface area contributed by atoms with Crippen molar-refractivity contribution in [3.8, 4) is 0 Å². The number of allylic oxidation sites excluding steroid dienone is 2. The van der Waals surface area contributed by atoms with Gasteiger partial charge >= 0.3 is 0 Å². The van der Waals surface area contributed by atoms with Gasteiger partial charge in [-0.25, -0.2) is 0 Å². The Bertz CT molecular complexity index is 98.6. The van der Waals surface area contributed by atoms with Crippen LogP contribution in [-0.4, -0.2) is 0 Å². The van der Waals surface area contributed by atoms with E-state index in [-0.39, 0.29) is 0 Å². The third kappa shape index (κ3) is 4.60. The van der Waals surface area contributed by atoms with Gasteiger partial charge in [0.2, 0.25) is 0 Å². The second-order valence-electron chi connectivity index (χ2n) is 3.73. The van der Waals surface area contributed by atoms with E-state index in [1.54, 1.807) is 0 Å². The van der Waals surface area contributed by atoms with E-state index in [4.69, 9.17) is 0 Å². The van der Waals surface area contributed by atoms with Crippen LogP contribution in [0.5, 0.6) is 0 Å². The van der Waals surface area contributed by atoms with E-state index >= 15 is 0 Å². The zero-order valence-corrected chi connectivity index (χ0v) is 7.89. The molecular formula is C10H20. The molecule has 0 aliphatic carbocycles. The van der Waals surface area contributed by atoms with Crippen LogP contribution < -0.4 is 0 Å². The minimum atomic E-state index is 0.696. The highest BCUT2D eigenvalue weighted by molar-refractivity contribution is 4.89. The average Bonchev–Trinajstić information content (AvgIpc) is 1.82. The molecule has 0 aromatic rings. The molecule has 0 aromatic carbocycles. The van der Waals surface area contributed by atoms with Crippen molar-refractivity contribution in [2.24, 2.45) is 17.8 Å². The summed E-state index contributed by atoms with van der Waals surface area (Å²) in [6.07, 6.45) is 4.60. The fraction of sp³-hybridized carbons (Fsp3) is 0.800. The summed E-state index contributed by atoms with van der Waals surface area (Å²) in [5, 5.41) is 0. The molecule has 1 atom stereocenters. The van der Waals surface area contributed by atoms with Gasteiger partial charge in [-0.15, -0.1) is 0 Å². The fourth-order valence-corrected chi connectivity index (χ4v) is 0.620. The first-order valence-electron chi connectivity index (χ1n) is 4.22. The molecule has 0 bridgehead atoms. The monoisotopic (exact) mass is 140 g/mol. The summed E-state index contributed by atoms with van der Waals surface area (Å²) >= 11 is 0. The Hall–Kier alpha value is -0.260. The maximum absolute atomic E-state index is 2.31. The second kappa shape index (κ2) is 4.54. The summed E-state index contributed by atoms with van der Waals surface area (Å²) in [5.74, 6) is 2.19. The maximum Gasteiger partial charge on any atom is -0.0239 e. The highest BCUT2D eigenvalue weighted by atomic mass is 14.1. The molecule has 0 fully saturated rings. The van der Waals surface area contributed by atoms with Crippen LogP contribution in [0.15, 0.2) is 12.2 Å². The third-order valence-corrected chi connectivity index (χ3v) is 1.85. The molecule has 1 unspecified atom stereocenters. The number of hydrogen-bond acceptors (Lipinski definition) is 0. The Labute approximate surface area is 65.3 Å². The summed E-state index contributed by atoms with van der Waals surface area (Å²) in [4.78, 5) is 0. The first kappa shape index (κ1) is 9.74. The molecule has 0 aliphatic heterocycles. The van der Waals surface area contributed by atoms with Gasteiger partial charge in [0, 0.05) is 0 Å². The van der Waals surface area contributed by atoms with Crippen molar-refractivity contribution in [3.05, 3.63) is 12.2 Å². The molecular weight excluding hydrogens is 120 g/mol. The summed E-state index contributed by atoms with van der Waals surface area (Å²) in [5.41, 5.74) is 0. The van der Waals surface area contributed by atoms with E-state index in [0.29, 0.717) is 5.92 Å². The molecule has 0 amide bonds. The molecule has 0 spiro atoms. The van der Waals surface area contributed by atoms with Gasteiger partial charge in [-0.05, 0) is 17.8 Å². The van der Waals surface area contributed by atoms with Crippen molar-refractivity contribution in [1.29, 1.82) is 0 Å². The van der Waals surface area contributed by atoms with Gasteiger partial charge in [-0.3, -0.25) is 0 Å². The van der Waals surface area contributed by atoms with Crippen LogP contribution in [0.4, 0.5) is 0 Å². The van der Waals surface area contributed by atoms with Gasteiger partial charge < -0.3 is 0 Å². The molecule has 0 rings (SSSR count). The lowest BCUT2D eigenvalue weighted by Crippen LogP contribution is -1.99. The van der Waals surface area contributed by atoms with Gasteiger partial charge in [0.25, 0.3) is 0 Å². The molecule has 0 aromatic heterocycles. The molecule has 0 heteroatoms. The Balaban J connectivity index is 3.66. The van der Waals surface area contributed by atoms with Crippen LogP contribution in [0.3, 0.4) is 0 Å². The lowest BCUT2D eigenvalue weighted by molar-refractivity contribution is 0.501. The first-order chi connectivity index (χ1) is 4.54. The first-order valence-corrected chi connectivity index (χ1v) is 4.22. The van der Waals surface area contributed by atoms with Crippen molar-refractivity contribution in [2.45, 2.75) is 34.6 Å². The summed E-state index contributed by atoms with van der Waals surface area (Å²) < 4.78 is 0. The molecule has 0 saturated heterocycles. The number of rotatable bonds is 3. The summed E-state index contributed by atoms with van der Waals surface area (Å²) in [7, 11) is 0. The van der Waals surface area contributed by atoms with Crippen LogP contribution in [-0.2, 0) is 0 Å². The molecule has 0 N–H and O–H groups in total. The fourth-order valence-electron chi connectivity index (χ4n) is 0.620. The van der Waals surface area contributed by atoms with Gasteiger partial charge in [-0.1, -0.05) is 46.8 Å². The van der Waals surface area contributed by atoms with E-state index in [1.165, 1.54) is 0 Å². The van der Waals surface area contributed by atoms with E-state index in [2.05, 4.69) is 46.8 Å². The highest BCUT2D eigenvalue weighted by Gasteiger charge is 2.01. The zero-order valence-electron chi connectivity index (χ0n) is 7.89. The van der Waals surface area contributed by atoms with E-state index in [1.807, 2.05) is 0 Å². The molecule has 0 nitrogen and oxygen atoms in total. The molecule has 60 valence electrons. The second-order valence-corrected chi connectivity index (χ2v) is 3.73. The van der Waals surface area contributed by atoms with Crippen molar-refractivity contribution >= 4 is 0 Å². The average molecular weight is 140 g/mol. The minimum absolute atomic E-state index is 0.696. The summed E-state index contributed by atoms with van der Waals surface area (Å²) in [6.45, 7) is 11.2. The van der Waals surface area contributed by atoms with Crippen LogP contribution in [0, 0.1) is 17.8 Å². The van der Waals surface area contributed by atoms with Crippen molar-refractivity contribution in [3.63, 3.8) is 0 Å². The van der Waals surface area contributed by atoms with Gasteiger partial charge in [0.1, 0.15) is 0 Å². The molecule has 0 saturated carbocycles. The molecule has 10 heavy (non-hydrogen) atoms. The van der Waals surface area contributed by atoms with Crippen LogP contribution in [0.1, 0.15) is 34.6 Å². The number of hydrogen-bond donors (Lipinski definition) is 0. The van der Waals surface area contributed by atoms with E-state index in [0.717, 1.165) is 11.8 Å². The quantitative estimate of drug-likeness (QED) is 0.526. The topological polar surface area (TPSA) is 0 Å². The van der Waals surface area contributed by atoms with Crippen LogP contribution >= 0.6 is 0 Å². The van der Waals surface area contributed by atoms with Gasteiger partial charge in [-0.2, -0.15) is 0 Å². The standard InChI is InChI=1S/C10H20/c1-8(2)6-7-10(5)9(3)4/h6-10H,1-5H3/b7-6+. The van der Waals surface area contributed by atoms with Gasteiger partial charge in [0.15, 0.2) is 0 Å². The maximum atomic E-state index is 2.31. The third-order valence-electron chi connectivity index (χ3n) is 1.85. The van der Waals surface area contributed by atoms with E-state index < -0.39 is 0 Å². The Morgan fingerprint density at radius 1 is 0.800 bits per heavy atom. The lowest BCUT2D eigenvalue weighted by Gasteiger charge is -2.09. The Kier molecular flexibility index (Phi) is 4.42. The van der Waals surface area contributed by atoms with Crippen LogP contribution in [0.2, 0.25) is 0 Å². The SMILES string of the molecule is CC(C)/C=C/C(C)C(C)C. The van der Waals surface area contributed by atoms with Crippen molar-refractivity contribution in [2.75, 3.05) is 0 Å². The zero-order chi connectivity index (χ0) is 8.15. The van der Waals surface area contributed by atoms with Crippen molar-refractivity contribution in [1.82, 2.24) is 0 Å². The summed E-state index contributed by atoms with van der Waals surface area (Å²) in [6, 6.07) is 0. The predicted octanol–water partition coefficient (Wildman–Crippen LogP) is 3.49. The van der Waals surface area contributed by atoms with E-state index in [9.17, 15) is 0 Å². The molecule has 0 radical (unpaired) electrons. The van der Waals surface area contributed by atoms with Crippen molar-refractivity contribution < 1.29 is 0 Å². The Morgan fingerprint density at radius 3 is 1.60 bits per heavy atom. The van der Waals surface area contributed by atoms with Crippen LogP contribution in [0.25, 0.3) is 0 Å². The molecule has 0 aliphatic rings. The molecule has 0 heterocycles.